The molecule has 0 aliphatic rings. The van der Waals surface area contributed by atoms with E-state index in [1.807, 2.05) is 0 Å². The van der Waals surface area contributed by atoms with Gasteiger partial charge < -0.3 is 10.6 Å². The minimum atomic E-state index is -4.77. The van der Waals surface area contributed by atoms with Crippen LogP contribution in [0, 0.1) is 34.9 Å². The van der Waals surface area contributed by atoms with Crippen LogP contribution in [0.3, 0.4) is 0 Å². The fourth-order valence-corrected chi connectivity index (χ4v) is 7.06. The molecule has 0 atom stereocenters. The number of sulfone groups is 2. The van der Waals surface area contributed by atoms with Crippen LogP contribution >= 0.6 is 0 Å². The standard InChI is InChI=1S/C20H18F3N3O2S.C19H13F6N3O2S/c1-12(2)29(27,28)11-13-4-3-5-15(8-13)25-20-24-10-18(23)19(26-20)16-7-6-14(21)9-17(16)22;1-31(29,30)9-10-4-11(19(23,24)25)6-13(5-10)27-18-26-8-16(22)17(28-18)14-3-2-12(20)7-15(14)21/h3-10,12H,11H2,1-2H3,(H,24,25,26);2-8H,9H2,1H3,(H,26,27,28). The second kappa shape index (κ2) is 18.0. The first-order valence-corrected chi connectivity index (χ1v) is 20.9. The Morgan fingerprint density at radius 1 is 0.600 bits per heavy atom. The lowest BCUT2D eigenvalue weighted by molar-refractivity contribution is -0.137. The van der Waals surface area contributed by atoms with Gasteiger partial charge in [-0.25, -0.2) is 63.1 Å². The second-order valence-electron chi connectivity index (χ2n) is 13.3. The third-order valence-corrected chi connectivity index (χ3v) is 11.2. The van der Waals surface area contributed by atoms with Crippen LogP contribution < -0.4 is 10.6 Å². The van der Waals surface area contributed by atoms with Gasteiger partial charge >= 0.3 is 6.18 Å². The topological polar surface area (TPSA) is 144 Å². The minimum Gasteiger partial charge on any atom is -0.324 e. The molecule has 0 unspecified atom stereocenters. The predicted molar refractivity (Wildman–Crippen MR) is 205 cm³/mol. The first kappa shape index (κ1) is 45.0. The number of alkyl halides is 3. The van der Waals surface area contributed by atoms with E-state index >= 15 is 0 Å². The first-order chi connectivity index (χ1) is 28.0. The van der Waals surface area contributed by atoms with Gasteiger partial charge in [-0.3, -0.25) is 0 Å². The number of aromatic nitrogens is 4. The van der Waals surface area contributed by atoms with Gasteiger partial charge in [0.15, 0.2) is 31.3 Å². The summed E-state index contributed by atoms with van der Waals surface area (Å²) in [6, 6.07) is 14.2. The van der Waals surface area contributed by atoms with Gasteiger partial charge in [0.05, 0.1) is 34.7 Å². The Morgan fingerprint density at radius 3 is 1.57 bits per heavy atom. The lowest BCUT2D eigenvalue weighted by atomic mass is 10.1. The van der Waals surface area contributed by atoms with Gasteiger partial charge in [0.25, 0.3) is 0 Å². The number of nitrogens with zero attached hydrogens (tertiary/aromatic N) is 4. The van der Waals surface area contributed by atoms with E-state index in [0.29, 0.717) is 41.7 Å². The number of rotatable bonds is 11. The van der Waals surface area contributed by atoms with Gasteiger partial charge in [0.2, 0.25) is 11.9 Å². The molecular formula is C39H31F9N6O4S2. The molecule has 316 valence electrons. The fourth-order valence-electron chi connectivity index (χ4n) is 5.31. The molecule has 0 spiro atoms. The van der Waals surface area contributed by atoms with E-state index in [2.05, 4.69) is 30.6 Å². The van der Waals surface area contributed by atoms with Crippen LogP contribution in [0.25, 0.3) is 22.5 Å². The highest BCUT2D eigenvalue weighted by molar-refractivity contribution is 7.91. The first-order valence-electron chi connectivity index (χ1n) is 17.2. The van der Waals surface area contributed by atoms with Crippen molar-refractivity contribution < 1.29 is 56.3 Å². The molecule has 0 radical (unpaired) electrons. The van der Waals surface area contributed by atoms with E-state index in [1.54, 1.807) is 38.1 Å². The van der Waals surface area contributed by atoms with Crippen molar-refractivity contribution in [1.29, 1.82) is 0 Å². The van der Waals surface area contributed by atoms with Crippen molar-refractivity contribution in [2.45, 2.75) is 36.8 Å². The SMILES string of the molecule is CC(C)S(=O)(=O)Cc1cccc(Nc2ncc(F)c(-c3ccc(F)cc3F)n2)c1.CS(=O)(=O)Cc1cc(Nc2ncc(F)c(-c3ccc(F)cc3F)n2)cc(C(F)(F)F)c1. The second-order valence-corrected chi connectivity index (χ2v) is 18.0. The number of halogens is 9. The fraction of sp³-hybridized carbons (Fsp3) is 0.179. The molecule has 6 rings (SSSR count). The van der Waals surface area contributed by atoms with E-state index in [9.17, 15) is 56.3 Å². The molecule has 2 heterocycles. The molecule has 0 saturated carbocycles. The van der Waals surface area contributed by atoms with Crippen LogP contribution in [0.4, 0.5) is 62.8 Å². The molecule has 6 aromatic rings. The normalized spacial score (nSPS) is 11.9. The molecule has 10 nitrogen and oxygen atoms in total. The average Bonchev–Trinajstić information content (AvgIpc) is 3.13. The summed E-state index contributed by atoms with van der Waals surface area (Å²) in [5, 5.41) is 4.77. The summed E-state index contributed by atoms with van der Waals surface area (Å²) in [6.45, 7) is 3.22. The Labute approximate surface area is 337 Å². The molecule has 0 bridgehead atoms. The molecular weight excluding hydrogens is 852 g/mol. The lowest BCUT2D eigenvalue weighted by Gasteiger charge is -2.13. The number of hydrogen-bond acceptors (Lipinski definition) is 10. The molecule has 4 aromatic carbocycles. The monoisotopic (exact) mass is 882 g/mol. The smallest absolute Gasteiger partial charge is 0.324 e. The minimum absolute atomic E-state index is 0.0195. The molecule has 21 heteroatoms. The van der Waals surface area contributed by atoms with Crippen LogP contribution in [0.5, 0.6) is 0 Å². The third kappa shape index (κ3) is 12.0. The van der Waals surface area contributed by atoms with Gasteiger partial charge in [0, 0.05) is 40.9 Å². The summed E-state index contributed by atoms with van der Waals surface area (Å²) in [6.07, 6.45) is -2.36. The lowest BCUT2D eigenvalue weighted by Crippen LogP contribution is -2.16. The van der Waals surface area contributed by atoms with Gasteiger partial charge in [0.1, 0.15) is 34.7 Å². The van der Waals surface area contributed by atoms with E-state index in [4.69, 9.17) is 0 Å². The summed E-state index contributed by atoms with van der Waals surface area (Å²) >= 11 is 0. The molecule has 0 saturated heterocycles. The summed E-state index contributed by atoms with van der Waals surface area (Å²) in [5.41, 5.74) is -1.89. The molecule has 60 heavy (non-hydrogen) atoms. The summed E-state index contributed by atoms with van der Waals surface area (Å²) in [7, 11) is -6.91. The predicted octanol–water partition coefficient (Wildman–Crippen LogP) is 9.50. The summed E-state index contributed by atoms with van der Waals surface area (Å²) in [5.74, 6) is -6.82. The van der Waals surface area contributed by atoms with Gasteiger partial charge in [-0.15, -0.1) is 0 Å². The Bertz CT molecular complexity index is 2770. The van der Waals surface area contributed by atoms with Crippen molar-refractivity contribution in [2.24, 2.45) is 0 Å². The van der Waals surface area contributed by atoms with Crippen LogP contribution in [0.2, 0.25) is 0 Å². The van der Waals surface area contributed by atoms with E-state index in [1.165, 1.54) is 0 Å². The van der Waals surface area contributed by atoms with Crippen LogP contribution in [-0.4, -0.2) is 48.3 Å². The van der Waals surface area contributed by atoms with Crippen molar-refractivity contribution >= 4 is 42.9 Å². The number of anilines is 4. The Balaban J connectivity index is 0.000000228. The van der Waals surface area contributed by atoms with Gasteiger partial charge in [-0.2, -0.15) is 13.2 Å². The molecule has 0 aliphatic heterocycles. The van der Waals surface area contributed by atoms with Crippen molar-refractivity contribution in [3.63, 3.8) is 0 Å². The quantitative estimate of drug-likeness (QED) is 0.121. The van der Waals surface area contributed by atoms with Crippen molar-refractivity contribution in [3.8, 4) is 22.5 Å². The third-order valence-electron chi connectivity index (χ3n) is 8.14. The molecule has 0 aliphatic carbocycles. The highest BCUT2D eigenvalue weighted by Crippen LogP contribution is 2.34. The Kier molecular flexibility index (Phi) is 13.5. The van der Waals surface area contributed by atoms with Gasteiger partial charge in [-0.05, 0) is 79.6 Å². The van der Waals surface area contributed by atoms with E-state index in [-0.39, 0.29) is 45.7 Å². The van der Waals surface area contributed by atoms with Crippen LogP contribution in [0.1, 0.15) is 30.5 Å². The number of benzene rings is 4. The molecule has 0 amide bonds. The molecule has 2 aromatic heterocycles. The highest BCUT2D eigenvalue weighted by Gasteiger charge is 2.31. The summed E-state index contributed by atoms with van der Waals surface area (Å²) in [4.78, 5) is 15.2. The zero-order valence-corrected chi connectivity index (χ0v) is 32.9. The maximum absolute atomic E-state index is 14.1. The highest BCUT2D eigenvalue weighted by atomic mass is 32.2. The van der Waals surface area contributed by atoms with Crippen molar-refractivity contribution in [3.05, 3.63) is 143 Å². The van der Waals surface area contributed by atoms with Crippen molar-refractivity contribution in [1.82, 2.24) is 19.9 Å². The van der Waals surface area contributed by atoms with Gasteiger partial charge in [-0.1, -0.05) is 12.1 Å². The van der Waals surface area contributed by atoms with Crippen molar-refractivity contribution in [2.75, 3.05) is 16.9 Å². The Morgan fingerprint density at radius 2 is 1.10 bits per heavy atom. The maximum atomic E-state index is 14.1. The number of hydrogen-bond donors (Lipinski definition) is 2. The maximum Gasteiger partial charge on any atom is 0.416 e. The average molecular weight is 883 g/mol. The number of nitrogens with one attached hydrogen (secondary N) is 2. The zero-order valence-electron chi connectivity index (χ0n) is 31.3. The van der Waals surface area contributed by atoms with Crippen LogP contribution in [-0.2, 0) is 37.4 Å². The molecule has 2 N–H and O–H groups in total. The van der Waals surface area contributed by atoms with E-state index < -0.39 is 83.0 Å². The van der Waals surface area contributed by atoms with Crippen LogP contribution in [0.15, 0.2) is 91.3 Å². The largest absolute Gasteiger partial charge is 0.416 e. The Hall–Kier alpha value is -6.09. The molecule has 0 fully saturated rings. The summed E-state index contributed by atoms with van der Waals surface area (Å²) < 4.78 is 169. The van der Waals surface area contributed by atoms with E-state index in [0.717, 1.165) is 42.8 Å². The zero-order chi connectivity index (χ0) is 44.2.